The molecule has 1 saturated heterocycles. The molecule has 0 spiro atoms. The van der Waals surface area contributed by atoms with Gasteiger partial charge in [-0.25, -0.2) is 0 Å². The molecule has 2 nitrogen and oxygen atoms in total. The highest BCUT2D eigenvalue weighted by Gasteiger charge is 2.48. The van der Waals surface area contributed by atoms with E-state index >= 15 is 0 Å². The first-order valence-electron chi connectivity index (χ1n) is 6.85. The number of rotatable bonds is 0. The lowest BCUT2D eigenvalue weighted by Gasteiger charge is -2.50. The molecule has 18 heavy (non-hydrogen) atoms. The van der Waals surface area contributed by atoms with E-state index in [1.807, 2.05) is 6.07 Å². The van der Waals surface area contributed by atoms with Crippen molar-refractivity contribution < 1.29 is 9.47 Å². The minimum atomic E-state index is -0.143. The van der Waals surface area contributed by atoms with Gasteiger partial charge in [0.1, 0.15) is 11.4 Å². The van der Waals surface area contributed by atoms with Gasteiger partial charge in [0.25, 0.3) is 0 Å². The Labute approximate surface area is 109 Å². The fraction of sp³-hybridized carbons (Fsp3) is 0.625. The van der Waals surface area contributed by atoms with Gasteiger partial charge in [-0.05, 0) is 46.6 Å². The highest BCUT2D eigenvalue weighted by Crippen LogP contribution is 2.52. The minimum Gasteiger partial charge on any atom is -0.487 e. The van der Waals surface area contributed by atoms with Crippen molar-refractivity contribution in [3.05, 3.63) is 29.8 Å². The van der Waals surface area contributed by atoms with E-state index < -0.39 is 0 Å². The smallest absolute Gasteiger partial charge is 0.125 e. The van der Waals surface area contributed by atoms with Gasteiger partial charge in [0.15, 0.2) is 0 Å². The summed E-state index contributed by atoms with van der Waals surface area (Å²) in [4.78, 5) is 0. The zero-order chi connectivity index (χ0) is 13.0. The molecule has 0 aromatic heterocycles. The molecule has 1 fully saturated rings. The van der Waals surface area contributed by atoms with Crippen LogP contribution in [0.15, 0.2) is 24.3 Å². The van der Waals surface area contributed by atoms with Crippen molar-refractivity contribution >= 4 is 0 Å². The van der Waals surface area contributed by atoms with Crippen molar-refractivity contribution in [2.24, 2.45) is 5.92 Å². The minimum absolute atomic E-state index is 0.0261. The SMILES string of the molecule is CC1(C)CC[C@H]2[C@H](O1)c1ccccc1OC2(C)C. The van der Waals surface area contributed by atoms with Gasteiger partial charge in [0.05, 0.1) is 11.7 Å². The maximum Gasteiger partial charge on any atom is 0.125 e. The van der Waals surface area contributed by atoms with E-state index in [1.165, 1.54) is 12.0 Å². The van der Waals surface area contributed by atoms with Crippen molar-refractivity contribution in [3.63, 3.8) is 0 Å². The van der Waals surface area contributed by atoms with Crippen molar-refractivity contribution in [3.8, 4) is 5.75 Å². The first-order chi connectivity index (χ1) is 8.39. The van der Waals surface area contributed by atoms with E-state index in [-0.39, 0.29) is 17.3 Å². The molecule has 0 N–H and O–H groups in total. The number of hydrogen-bond acceptors (Lipinski definition) is 2. The molecule has 2 aliphatic rings. The van der Waals surface area contributed by atoms with Crippen LogP contribution >= 0.6 is 0 Å². The third-order valence-corrected chi connectivity index (χ3v) is 4.36. The van der Waals surface area contributed by atoms with Gasteiger partial charge in [-0.3, -0.25) is 0 Å². The maximum atomic E-state index is 6.36. The highest BCUT2D eigenvalue weighted by atomic mass is 16.5. The standard InChI is InChI=1S/C16H22O2/c1-15(2)10-9-12-14(18-15)11-7-5-6-8-13(11)17-16(12,3)4/h5-8,12,14H,9-10H2,1-4H3/t12-,14+/m0/s1. The Kier molecular flexibility index (Phi) is 2.50. The van der Waals surface area contributed by atoms with E-state index in [1.54, 1.807) is 0 Å². The monoisotopic (exact) mass is 246 g/mol. The molecule has 0 aliphatic carbocycles. The molecule has 3 rings (SSSR count). The normalized spacial score (nSPS) is 32.0. The zero-order valence-electron chi connectivity index (χ0n) is 11.7. The average molecular weight is 246 g/mol. The second-order valence-electron chi connectivity index (χ2n) is 6.69. The lowest BCUT2D eigenvalue weighted by molar-refractivity contribution is -0.183. The predicted molar refractivity (Wildman–Crippen MR) is 71.8 cm³/mol. The van der Waals surface area contributed by atoms with E-state index in [4.69, 9.17) is 9.47 Å². The molecule has 2 heterocycles. The lowest BCUT2D eigenvalue weighted by atomic mass is 9.73. The first-order valence-corrected chi connectivity index (χ1v) is 6.85. The van der Waals surface area contributed by atoms with Gasteiger partial charge in [-0.1, -0.05) is 18.2 Å². The van der Waals surface area contributed by atoms with Crippen LogP contribution in [0.5, 0.6) is 5.75 Å². The topological polar surface area (TPSA) is 18.5 Å². The van der Waals surface area contributed by atoms with Crippen LogP contribution < -0.4 is 4.74 Å². The van der Waals surface area contributed by atoms with Crippen molar-refractivity contribution in [1.29, 1.82) is 0 Å². The van der Waals surface area contributed by atoms with Crippen molar-refractivity contribution in [2.75, 3.05) is 0 Å². The molecule has 0 radical (unpaired) electrons. The number of fused-ring (bicyclic) bond motifs is 3. The van der Waals surface area contributed by atoms with Crippen LogP contribution in [0.2, 0.25) is 0 Å². The van der Waals surface area contributed by atoms with Crippen LogP contribution in [-0.4, -0.2) is 11.2 Å². The van der Waals surface area contributed by atoms with Gasteiger partial charge >= 0.3 is 0 Å². The van der Waals surface area contributed by atoms with E-state index in [0.29, 0.717) is 5.92 Å². The Morgan fingerprint density at radius 2 is 1.83 bits per heavy atom. The van der Waals surface area contributed by atoms with Gasteiger partial charge in [-0.15, -0.1) is 0 Å². The second-order valence-corrected chi connectivity index (χ2v) is 6.69. The Balaban J connectivity index is 2.06. The van der Waals surface area contributed by atoms with Gasteiger partial charge in [0.2, 0.25) is 0 Å². The molecular formula is C16H22O2. The third-order valence-electron chi connectivity index (χ3n) is 4.36. The summed E-state index contributed by atoms with van der Waals surface area (Å²) in [5.41, 5.74) is 1.05. The molecule has 0 bridgehead atoms. The molecule has 2 heteroatoms. The molecule has 2 aliphatic heterocycles. The average Bonchev–Trinajstić information content (AvgIpc) is 2.26. The maximum absolute atomic E-state index is 6.36. The number of benzene rings is 1. The van der Waals surface area contributed by atoms with Crippen molar-refractivity contribution in [1.82, 2.24) is 0 Å². The highest BCUT2D eigenvalue weighted by molar-refractivity contribution is 5.39. The molecule has 2 atom stereocenters. The molecule has 98 valence electrons. The largest absolute Gasteiger partial charge is 0.487 e. The Bertz CT molecular complexity index is 462. The fourth-order valence-corrected chi connectivity index (χ4v) is 3.30. The van der Waals surface area contributed by atoms with Crippen LogP contribution in [-0.2, 0) is 4.74 Å². The summed E-state index contributed by atoms with van der Waals surface area (Å²) in [6.07, 6.45) is 2.44. The summed E-state index contributed by atoms with van der Waals surface area (Å²) >= 11 is 0. The third kappa shape index (κ3) is 1.83. The molecule has 0 amide bonds. The second kappa shape index (κ2) is 3.74. The number of hydrogen-bond donors (Lipinski definition) is 0. The van der Waals surface area contributed by atoms with E-state index in [0.717, 1.165) is 12.2 Å². The van der Waals surface area contributed by atoms with Gasteiger partial charge in [0, 0.05) is 11.5 Å². The summed E-state index contributed by atoms with van der Waals surface area (Å²) < 4.78 is 12.5. The fourth-order valence-electron chi connectivity index (χ4n) is 3.30. The van der Waals surface area contributed by atoms with E-state index in [2.05, 4.69) is 45.9 Å². The molecule has 1 aromatic rings. The zero-order valence-corrected chi connectivity index (χ0v) is 11.7. The molecule has 0 saturated carbocycles. The van der Waals surface area contributed by atoms with Crippen LogP contribution in [0.25, 0.3) is 0 Å². The number of para-hydroxylation sites is 1. The predicted octanol–water partition coefficient (Wildman–Crippen LogP) is 4.10. The van der Waals surface area contributed by atoms with Gasteiger partial charge in [-0.2, -0.15) is 0 Å². The van der Waals surface area contributed by atoms with Crippen molar-refractivity contribution in [2.45, 2.75) is 57.8 Å². The summed E-state index contributed by atoms with van der Waals surface area (Å²) in [7, 11) is 0. The lowest BCUT2D eigenvalue weighted by Crippen LogP contribution is -2.50. The quantitative estimate of drug-likeness (QED) is 0.686. The van der Waals surface area contributed by atoms with Crippen LogP contribution in [0, 0.1) is 5.92 Å². The van der Waals surface area contributed by atoms with Crippen LogP contribution in [0.4, 0.5) is 0 Å². The first kappa shape index (κ1) is 12.0. The van der Waals surface area contributed by atoms with Gasteiger partial charge < -0.3 is 9.47 Å². The summed E-state index contributed by atoms with van der Waals surface area (Å²) in [5.74, 6) is 1.43. The van der Waals surface area contributed by atoms with Crippen LogP contribution in [0.1, 0.15) is 52.2 Å². The number of ether oxygens (including phenoxy) is 2. The van der Waals surface area contributed by atoms with E-state index in [9.17, 15) is 0 Å². The Morgan fingerprint density at radius 1 is 1.11 bits per heavy atom. The Hall–Kier alpha value is -1.02. The molecular weight excluding hydrogens is 224 g/mol. The molecule has 0 unspecified atom stereocenters. The summed E-state index contributed by atoms with van der Waals surface area (Å²) in [5, 5.41) is 0. The summed E-state index contributed by atoms with van der Waals surface area (Å²) in [6.45, 7) is 8.74. The van der Waals surface area contributed by atoms with Crippen LogP contribution in [0.3, 0.4) is 0 Å². The molecule has 1 aromatic carbocycles. The summed E-state index contributed by atoms with van der Waals surface area (Å²) in [6, 6.07) is 8.30. The Morgan fingerprint density at radius 3 is 2.61 bits per heavy atom.